The molecule has 270 valence electrons. The first kappa shape index (κ1) is 36.5. The second-order valence-electron chi connectivity index (χ2n) is 15.0. The van der Waals surface area contributed by atoms with E-state index in [1.54, 1.807) is 7.11 Å². The number of ether oxygens (including phenoxy) is 3. The van der Waals surface area contributed by atoms with Crippen LogP contribution in [0.5, 0.6) is 0 Å². The third-order valence-corrected chi connectivity index (χ3v) is 12.5. The lowest BCUT2D eigenvalue weighted by molar-refractivity contribution is -0.168. The molecule has 2 atom stereocenters. The molecule has 2 heterocycles. The molecule has 6 rings (SSSR count). The van der Waals surface area contributed by atoms with Gasteiger partial charge in [0.1, 0.15) is 16.8 Å². The van der Waals surface area contributed by atoms with E-state index < -0.39 is 11.2 Å². The molecule has 2 saturated carbocycles. The van der Waals surface area contributed by atoms with Gasteiger partial charge >= 0.3 is 11.9 Å². The molecule has 2 fully saturated rings. The van der Waals surface area contributed by atoms with Crippen molar-refractivity contribution in [1.29, 1.82) is 0 Å². The number of aliphatic hydroxyl groups is 1. The molecular weight excluding hydrogens is 651 g/mol. The summed E-state index contributed by atoms with van der Waals surface area (Å²) < 4.78 is 25.9. The molecule has 0 amide bonds. The summed E-state index contributed by atoms with van der Waals surface area (Å²) in [6.45, 7) is 12.2. The number of carbonyl (C=O) groups is 2. The van der Waals surface area contributed by atoms with Crippen LogP contribution in [0.1, 0.15) is 121 Å². The van der Waals surface area contributed by atoms with E-state index >= 15 is 0 Å². The molecular formula is C41H53NO7S. The van der Waals surface area contributed by atoms with Gasteiger partial charge in [0.2, 0.25) is 0 Å². The number of furan rings is 1. The predicted octanol–water partition coefficient (Wildman–Crippen LogP) is 9.81. The van der Waals surface area contributed by atoms with Crippen molar-refractivity contribution in [2.24, 2.45) is 11.8 Å². The number of thiazole rings is 1. The normalized spacial score (nSPS) is 23.8. The number of aliphatic hydroxyl groups excluding tert-OH is 1. The minimum atomic E-state index is -0.950. The van der Waals surface area contributed by atoms with Crippen LogP contribution in [-0.2, 0) is 35.0 Å². The summed E-state index contributed by atoms with van der Waals surface area (Å²) in [7, 11) is 1.74. The van der Waals surface area contributed by atoms with Crippen LogP contribution < -0.4 is 0 Å². The average molecular weight is 704 g/mol. The van der Waals surface area contributed by atoms with Crippen molar-refractivity contribution >= 4 is 44.5 Å². The molecule has 0 saturated heterocycles. The molecule has 50 heavy (non-hydrogen) atoms. The Kier molecular flexibility index (Phi) is 10.8. The van der Waals surface area contributed by atoms with Gasteiger partial charge in [-0.1, -0.05) is 44.5 Å². The third kappa shape index (κ3) is 7.10. The number of fused-ring (bicyclic) bond motifs is 2. The highest BCUT2D eigenvalue weighted by Crippen LogP contribution is 2.46. The fourth-order valence-electron chi connectivity index (χ4n) is 7.94. The number of rotatable bonds is 11. The van der Waals surface area contributed by atoms with E-state index in [9.17, 15) is 14.7 Å². The number of nitrogens with zero attached hydrogens (tertiary/aromatic N) is 1. The number of esters is 2. The maximum atomic E-state index is 13.8. The fraction of sp³-hybridized carbons (Fsp3) is 0.585. The molecule has 4 aromatic rings. The molecule has 8 nitrogen and oxygen atoms in total. The smallest absolute Gasteiger partial charge is 0.309 e. The van der Waals surface area contributed by atoms with Gasteiger partial charge in [-0.25, -0.2) is 4.98 Å². The van der Waals surface area contributed by atoms with E-state index in [1.807, 2.05) is 33.8 Å². The summed E-state index contributed by atoms with van der Waals surface area (Å²) in [5, 5.41) is 11.8. The maximum absolute atomic E-state index is 13.8. The van der Waals surface area contributed by atoms with E-state index in [1.165, 1.54) is 11.3 Å². The molecule has 2 aromatic heterocycles. The Balaban J connectivity index is 1.44. The van der Waals surface area contributed by atoms with E-state index in [-0.39, 0.29) is 36.0 Å². The van der Waals surface area contributed by atoms with Crippen LogP contribution in [0, 0.1) is 25.7 Å². The highest BCUT2D eigenvalue weighted by atomic mass is 32.1. The monoisotopic (exact) mass is 703 g/mol. The Morgan fingerprint density at radius 1 is 0.880 bits per heavy atom. The Bertz CT molecular complexity index is 1810. The Morgan fingerprint density at radius 3 is 2.08 bits per heavy atom. The summed E-state index contributed by atoms with van der Waals surface area (Å²) in [5.41, 5.74) is 3.63. The first-order chi connectivity index (χ1) is 23.9. The zero-order valence-corrected chi connectivity index (χ0v) is 31.5. The first-order valence-corrected chi connectivity index (χ1v) is 19.3. The topological polar surface area (TPSA) is 108 Å². The van der Waals surface area contributed by atoms with Gasteiger partial charge in [0.25, 0.3) is 0 Å². The highest BCUT2D eigenvalue weighted by Gasteiger charge is 2.40. The largest absolute Gasteiger partial charge is 0.454 e. The van der Waals surface area contributed by atoms with Gasteiger partial charge in [-0.05, 0) is 109 Å². The van der Waals surface area contributed by atoms with Crippen LogP contribution >= 0.6 is 11.3 Å². The summed E-state index contributed by atoms with van der Waals surface area (Å²) in [5.74, 6) is -0.111. The van der Waals surface area contributed by atoms with E-state index in [2.05, 4.69) is 38.1 Å². The molecule has 0 spiro atoms. The lowest BCUT2D eigenvalue weighted by atomic mass is 9.84. The van der Waals surface area contributed by atoms with Crippen molar-refractivity contribution in [1.82, 2.24) is 4.98 Å². The fourth-order valence-corrected chi connectivity index (χ4v) is 9.12. The van der Waals surface area contributed by atoms with Crippen molar-refractivity contribution < 1.29 is 33.3 Å². The van der Waals surface area contributed by atoms with E-state index in [0.717, 1.165) is 80.6 Å². The zero-order chi connectivity index (χ0) is 35.8. The number of aromatic nitrogens is 1. The number of benzene rings is 2. The minimum Gasteiger partial charge on any atom is -0.454 e. The van der Waals surface area contributed by atoms with Crippen LogP contribution in [0.4, 0.5) is 0 Å². The summed E-state index contributed by atoms with van der Waals surface area (Å²) in [6, 6.07) is 10.3. The number of hydrogen-bond donors (Lipinski definition) is 1. The Labute approximate surface area is 299 Å². The second kappa shape index (κ2) is 14.8. The van der Waals surface area contributed by atoms with Gasteiger partial charge in [-0.15, -0.1) is 11.3 Å². The SMILES string of the molecule is CCCC(C)(OC(=O)C1CCC(OC)CC1)c1ccc(C(C)(CC)OC(=O)C2CCC(O)CC2)c2nc(-c3cc4c(C)ccc(C)c4o3)sc12. The number of methoxy groups -OCH3 is 1. The third-order valence-electron chi connectivity index (χ3n) is 11.4. The summed E-state index contributed by atoms with van der Waals surface area (Å²) in [6.07, 6.45) is 7.51. The van der Waals surface area contributed by atoms with Crippen molar-refractivity contribution in [2.75, 3.05) is 7.11 Å². The lowest BCUT2D eigenvalue weighted by Crippen LogP contribution is -2.35. The molecule has 0 radical (unpaired) electrons. The van der Waals surface area contributed by atoms with Crippen LogP contribution in [0.3, 0.4) is 0 Å². The lowest BCUT2D eigenvalue weighted by Gasteiger charge is -2.35. The average Bonchev–Trinajstić information content (AvgIpc) is 3.76. The highest BCUT2D eigenvalue weighted by molar-refractivity contribution is 7.21. The van der Waals surface area contributed by atoms with Gasteiger partial charge in [-0.2, -0.15) is 0 Å². The Morgan fingerprint density at radius 2 is 1.48 bits per heavy atom. The van der Waals surface area contributed by atoms with Gasteiger partial charge in [0, 0.05) is 23.6 Å². The van der Waals surface area contributed by atoms with Crippen LogP contribution in [0.25, 0.3) is 32.0 Å². The number of hydrogen-bond acceptors (Lipinski definition) is 9. The van der Waals surface area contributed by atoms with Crippen LogP contribution in [0.2, 0.25) is 0 Å². The molecule has 2 aliphatic rings. The van der Waals surface area contributed by atoms with Gasteiger partial charge < -0.3 is 23.7 Å². The van der Waals surface area contributed by atoms with Gasteiger partial charge in [0.15, 0.2) is 10.8 Å². The molecule has 2 unspecified atom stereocenters. The zero-order valence-electron chi connectivity index (χ0n) is 30.7. The Hall–Kier alpha value is -3.27. The molecule has 2 aliphatic carbocycles. The number of carbonyl (C=O) groups excluding carboxylic acids is 2. The molecule has 9 heteroatoms. The van der Waals surface area contributed by atoms with E-state index in [4.69, 9.17) is 23.6 Å². The quantitative estimate of drug-likeness (QED) is 0.154. The van der Waals surface area contributed by atoms with Crippen molar-refractivity contribution in [3.05, 3.63) is 52.6 Å². The molecule has 0 aliphatic heterocycles. The molecule has 2 aromatic carbocycles. The molecule has 0 bridgehead atoms. The van der Waals surface area contributed by atoms with Crippen LogP contribution in [-0.4, -0.2) is 41.3 Å². The number of aryl methyl sites for hydroxylation is 2. The van der Waals surface area contributed by atoms with Crippen molar-refractivity contribution in [3.8, 4) is 10.8 Å². The van der Waals surface area contributed by atoms with Gasteiger partial charge in [-0.3, -0.25) is 9.59 Å². The standard InChI is InChI=1S/C41H53NO7S/c1-8-22-41(6,49-39(45)27-14-18-29(46-7)19-15-27)32-21-20-31(40(5,9-2)48-38(44)26-12-16-28(43)17-13-26)34-36(32)50-37(42-34)33-23-30-24(3)10-11-25(4)35(30)47-33/h10-11,20-21,23,26-29,43H,8-9,12-19,22H2,1-7H3. The maximum Gasteiger partial charge on any atom is 0.309 e. The van der Waals surface area contributed by atoms with Crippen molar-refractivity contribution in [3.63, 3.8) is 0 Å². The summed E-state index contributed by atoms with van der Waals surface area (Å²) >= 11 is 1.53. The predicted molar refractivity (Wildman–Crippen MR) is 197 cm³/mol. The van der Waals surface area contributed by atoms with Gasteiger partial charge in [0.05, 0.1) is 34.3 Å². The second-order valence-corrected chi connectivity index (χ2v) is 16.0. The first-order valence-electron chi connectivity index (χ1n) is 18.5. The van der Waals surface area contributed by atoms with E-state index in [0.29, 0.717) is 44.3 Å². The summed E-state index contributed by atoms with van der Waals surface area (Å²) in [4.78, 5) is 32.6. The van der Waals surface area contributed by atoms with Crippen LogP contribution in [0.15, 0.2) is 34.7 Å². The molecule has 1 N–H and O–H groups in total. The van der Waals surface area contributed by atoms with Crippen molar-refractivity contribution in [2.45, 2.75) is 136 Å². The minimum absolute atomic E-state index is 0.157.